The molecule has 0 radical (unpaired) electrons. The fourth-order valence-corrected chi connectivity index (χ4v) is 11.7. The molecule has 2 N–H and O–H groups in total. The second-order valence-corrected chi connectivity index (χ2v) is 24.0. The zero-order valence-corrected chi connectivity index (χ0v) is 54.6. The zero-order chi connectivity index (χ0) is 67.7. The molecule has 95 heavy (non-hydrogen) atoms. The maximum atomic E-state index is 10.9. The predicted octanol–water partition coefficient (Wildman–Crippen LogP) is 15.8. The van der Waals surface area contributed by atoms with E-state index >= 15 is 0 Å². The number of nitrogens with zero attached hydrogens (tertiary/aromatic N) is 8. The molecule has 2 unspecified atom stereocenters. The summed E-state index contributed by atoms with van der Waals surface area (Å²) < 4.78 is 24.4. The summed E-state index contributed by atoms with van der Waals surface area (Å²) in [6.45, 7) is 7.56. The van der Waals surface area contributed by atoms with Gasteiger partial charge in [-0.15, -0.1) is 22.7 Å². The highest BCUT2D eigenvalue weighted by Gasteiger charge is 2.44. The summed E-state index contributed by atoms with van der Waals surface area (Å²) in [6.07, 6.45) is 12.6. The van der Waals surface area contributed by atoms with E-state index in [1.807, 2.05) is 274 Å². The lowest BCUT2D eigenvalue weighted by Crippen LogP contribution is -2.23. The Balaban J connectivity index is 0.000000203. The number of carbonyl (C=O) groups is 1. The fourth-order valence-electron chi connectivity index (χ4n) is 10.2. The largest absolute Gasteiger partial charge is 0.488 e. The maximum Gasteiger partial charge on any atom is 0.172 e. The Hall–Kier alpha value is -11.8. The van der Waals surface area contributed by atoms with Crippen molar-refractivity contribution in [1.82, 2.24) is 0 Å². The Morgan fingerprint density at radius 1 is 0.495 bits per heavy atom. The number of ether oxygens (including phenoxy) is 4. The molecule has 0 saturated heterocycles. The summed E-state index contributed by atoms with van der Waals surface area (Å²) in [4.78, 5) is 18.5. The number of carbonyl (C=O) groups excluding carboxylic acids is 1. The SMILES string of the molecule is CC1=C(C#N)C(=C(C#N)C#N)OC1(C)c1ccccc1.CN(CCO)c1ccc(/C=C/c2ccc(/C=C/C3=C(C#N)C(=C(C#N)C#N)OC3(C)c3ccccc3)s2)c(OCc2ccccc2)c1.CN(CCO)c1ccc(/C=C/c2ccc(C=O)s2)c(OCc2ccccc2)c1. The van der Waals surface area contributed by atoms with Gasteiger partial charge < -0.3 is 39.0 Å². The van der Waals surface area contributed by atoms with Crippen molar-refractivity contribution in [3.63, 3.8) is 0 Å². The van der Waals surface area contributed by atoms with Crippen LogP contribution in [-0.4, -0.2) is 56.9 Å². The van der Waals surface area contributed by atoms with Gasteiger partial charge in [-0.1, -0.05) is 127 Å². The zero-order valence-electron chi connectivity index (χ0n) is 52.9. The summed E-state index contributed by atoms with van der Waals surface area (Å²) in [5, 5.41) is 75.0. The average Bonchev–Trinajstić information content (AvgIpc) is 1.61. The van der Waals surface area contributed by atoms with Crippen LogP contribution in [0.5, 0.6) is 11.5 Å². The molecule has 2 aromatic heterocycles. The third kappa shape index (κ3) is 17.2. The average molecular weight is 1290 g/mol. The molecular formula is C78H66N8O7S2. The van der Waals surface area contributed by atoms with E-state index in [-0.39, 0.29) is 47.0 Å². The lowest BCUT2D eigenvalue weighted by Gasteiger charge is -2.27. The van der Waals surface area contributed by atoms with Gasteiger partial charge in [0, 0.05) is 82.0 Å². The van der Waals surface area contributed by atoms with Gasteiger partial charge in [0.05, 0.1) is 23.7 Å². The van der Waals surface area contributed by atoms with E-state index in [1.165, 1.54) is 11.3 Å². The van der Waals surface area contributed by atoms with Crippen molar-refractivity contribution in [1.29, 1.82) is 31.6 Å². The topological polar surface area (TPSA) is 244 Å². The van der Waals surface area contributed by atoms with Crippen LogP contribution >= 0.6 is 22.7 Å². The van der Waals surface area contributed by atoms with Gasteiger partial charge in [0.25, 0.3) is 0 Å². The summed E-state index contributed by atoms with van der Waals surface area (Å²) in [5.41, 5.74) is 7.01. The van der Waals surface area contributed by atoms with Crippen molar-refractivity contribution in [2.75, 3.05) is 50.2 Å². The summed E-state index contributed by atoms with van der Waals surface area (Å²) in [5.74, 6) is 1.58. The third-order valence-electron chi connectivity index (χ3n) is 15.6. The van der Waals surface area contributed by atoms with Crippen molar-refractivity contribution in [3.05, 3.63) is 286 Å². The van der Waals surface area contributed by atoms with E-state index in [9.17, 15) is 36.1 Å². The molecular weight excluding hydrogens is 1230 g/mol. The number of likely N-dealkylation sites (N-methyl/N-ethyl adjacent to an activating group) is 2. The molecule has 2 atom stereocenters. The number of anilines is 2. The minimum absolute atomic E-state index is 0.00262. The summed E-state index contributed by atoms with van der Waals surface area (Å²) >= 11 is 3.02. The molecule has 2 aliphatic rings. The molecule has 8 aromatic rings. The molecule has 0 bridgehead atoms. The molecule has 0 fully saturated rings. The number of hydrogen-bond donors (Lipinski definition) is 2. The van der Waals surface area contributed by atoms with Gasteiger partial charge in [-0.2, -0.15) is 31.6 Å². The molecule has 0 amide bonds. The first kappa shape index (κ1) is 69.1. The second kappa shape index (κ2) is 33.5. The Morgan fingerprint density at radius 3 is 1.27 bits per heavy atom. The van der Waals surface area contributed by atoms with E-state index in [0.29, 0.717) is 42.3 Å². The Kier molecular flexibility index (Phi) is 24.4. The lowest BCUT2D eigenvalue weighted by atomic mass is 9.86. The number of thiophene rings is 2. The minimum Gasteiger partial charge on any atom is -0.488 e. The van der Waals surface area contributed by atoms with Crippen LogP contribution in [0.25, 0.3) is 30.4 Å². The molecule has 0 saturated carbocycles. The summed E-state index contributed by atoms with van der Waals surface area (Å²) in [6, 6.07) is 70.1. The lowest BCUT2D eigenvalue weighted by molar-refractivity contribution is 0.0728. The standard InChI is InChI=1S/C39H32N4O3S.C23H23NO3S.C16H11N3O/c1-39(31-11-7-4-8-12-31)36(35(26-42)38(46-39)30(24-40)25-41)20-19-34-18-17-33(47-34)16-14-29-13-15-32(43(2)21-22-44)23-37(29)45-27-28-9-5-3-6-10-28;1-24(13-14-25)20-9-7-19(8-10-21-11-12-22(16-26)28-21)23(15-20)27-17-18-5-3-2-4-6-18;1-11-14(10-19)15(12(8-17)9-18)20-16(11,2)13-6-4-3-5-7-13/h3-20,23,44H,21-22,27H2,1-2H3;2-12,15-16,25H,13-14,17H2,1H3;3-7H,1-2H3/b16-14+,20-19+;10-8+;. The molecule has 0 aliphatic carbocycles. The molecule has 17 heteroatoms. The molecule has 472 valence electrons. The maximum absolute atomic E-state index is 10.9. The quantitative estimate of drug-likeness (QED) is 0.0502. The normalized spacial score (nSPS) is 15.3. The first-order valence-electron chi connectivity index (χ1n) is 30.0. The highest BCUT2D eigenvalue weighted by Crippen LogP contribution is 2.48. The number of aliphatic hydroxyl groups excluding tert-OH is 2. The van der Waals surface area contributed by atoms with E-state index in [2.05, 4.69) is 6.07 Å². The van der Waals surface area contributed by atoms with Crippen molar-refractivity contribution >= 4 is 70.7 Å². The number of aldehydes is 1. The highest BCUT2D eigenvalue weighted by molar-refractivity contribution is 7.14. The number of aliphatic hydroxyl groups is 2. The number of benzene rings is 6. The Bertz CT molecular complexity index is 4500. The number of rotatable bonds is 21. The smallest absolute Gasteiger partial charge is 0.172 e. The molecule has 6 aromatic carbocycles. The number of hydrogen-bond acceptors (Lipinski definition) is 17. The number of nitriles is 6. The van der Waals surface area contributed by atoms with Crippen LogP contribution in [0.1, 0.15) is 78.5 Å². The van der Waals surface area contributed by atoms with Crippen molar-refractivity contribution in [2.24, 2.45) is 0 Å². The van der Waals surface area contributed by atoms with E-state index in [4.69, 9.17) is 29.5 Å². The fraction of sp³-hybridized carbons (Fsp3) is 0.167. The van der Waals surface area contributed by atoms with Crippen LogP contribution in [0, 0.1) is 68.0 Å². The van der Waals surface area contributed by atoms with Gasteiger partial charge in [-0.3, -0.25) is 4.79 Å². The van der Waals surface area contributed by atoms with E-state index in [0.717, 1.165) is 77.2 Å². The van der Waals surface area contributed by atoms with Crippen LogP contribution in [0.4, 0.5) is 11.4 Å². The van der Waals surface area contributed by atoms with Gasteiger partial charge >= 0.3 is 0 Å². The van der Waals surface area contributed by atoms with Crippen LogP contribution < -0.4 is 19.3 Å². The molecule has 10 rings (SSSR count). The van der Waals surface area contributed by atoms with Crippen LogP contribution in [0.2, 0.25) is 0 Å². The van der Waals surface area contributed by atoms with E-state index in [1.54, 1.807) is 30.4 Å². The van der Waals surface area contributed by atoms with Gasteiger partial charge in [0.1, 0.15) is 66.7 Å². The van der Waals surface area contributed by atoms with E-state index < -0.39 is 11.2 Å². The van der Waals surface area contributed by atoms with Gasteiger partial charge in [0.15, 0.2) is 40.2 Å². The predicted molar refractivity (Wildman–Crippen MR) is 373 cm³/mol. The Morgan fingerprint density at radius 2 is 0.874 bits per heavy atom. The first-order valence-corrected chi connectivity index (χ1v) is 31.6. The Labute approximate surface area is 562 Å². The van der Waals surface area contributed by atoms with Crippen molar-refractivity contribution in [3.8, 4) is 47.9 Å². The third-order valence-corrected chi connectivity index (χ3v) is 17.6. The second-order valence-electron chi connectivity index (χ2n) is 21.8. The molecule has 15 nitrogen and oxygen atoms in total. The minimum atomic E-state index is -1.06. The van der Waals surface area contributed by atoms with Crippen LogP contribution in [-0.2, 0) is 33.9 Å². The van der Waals surface area contributed by atoms with Gasteiger partial charge in [-0.05, 0) is 128 Å². The van der Waals surface area contributed by atoms with Crippen LogP contribution in [0.15, 0.2) is 233 Å². The monoisotopic (exact) mass is 1290 g/mol. The van der Waals surface area contributed by atoms with Gasteiger partial charge in [0.2, 0.25) is 0 Å². The number of allylic oxidation sites excluding steroid dienone is 4. The van der Waals surface area contributed by atoms with Gasteiger partial charge in [-0.25, -0.2) is 0 Å². The van der Waals surface area contributed by atoms with Crippen molar-refractivity contribution < 1.29 is 34.0 Å². The molecule has 2 aliphatic heterocycles. The van der Waals surface area contributed by atoms with Crippen LogP contribution in [0.3, 0.4) is 0 Å². The van der Waals surface area contributed by atoms with Crippen molar-refractivity contribution in [2.45, 2.75) is 45.2 Å². The summed E-state index contributed by atoms with van der Waals surface area (Å²) in [7, 11) is 3.87. The highest BCUT2D eigenvalue weighted by atomic mass is 32.1. The first-order chi connectivity index (χ1) is 46.2. The molecule has 4 heterocycles. The molecule has 0 spiro atoms.